The first-order valence-electron chi connectivity index (χ1n) is 7.11. The molecule has 0 saturated carbocycles. The number of fused-ring (bicyclic) bond motifs is 2. The summed E-state index contributed by atoms with van der Waals surface area (Å²) in [6.07, 6.45) is 3.70. The van der Waals surface area contributed by atoms with Crippen molar-refractivity contribution in [1.29, 1.82) is 0 Å². The van der Waals surface area contributed by atoms with Crippen molar-refractivity contribution in [1.82, 2.24) is 19.9 Å². The van der Waals surface area contributed by atoms with E-state index in [-0.39, 0.29) is 11.9 Å². The summed E-state index contributed by atoms with van der Waals surface area (Å²) in [4.78, 5) is 16.7. The van der Waals surface area contributed by atoms with Crippen LogP contribution in [0.25, 0.3) is 5.65 Å². The first-order chi connectivity index (χ1) is 10.7. The zero-order chi connectivity index (χ0) is 15.1. The maximum atomic E-state index is 12.5. The Hall–Kier alpha value is -2.21. The number of pyridine rings is 1. The van der Waals surface area contributed by atoms with Crippen LogP contribution in [0.15, 0.2) is 47.3 Å². The molecular formula is C16H13BrN4O. The molecule has 2 aromatic heterocycles. The minimum atomic E-state index is -0.0803. The van der Waals surface area contributed by atoms with Gasteiger partial charge in [0.15, 0.2) is 5.65 Å². The minimum Gasteiger partial charge on any atom is -0.345 e. The predicted octanol–water partition coefficient (Wildman–Crippen LogP) is 2.91. The summed E-state index contributed by atoms with van der Waals surface area (Å²) >= 11 is 3.23. The molecule has 1 N–H and O–H groups in total. The summed E-state index contributed by atoms with van der Waals surface area (Å²) in [5, 5.41) is 7.25. The summed E-state index contributed by atoms with van der Waals surface area (Å²) in [6.45, 7) is 0. The van der Waals surface area contributed by atoms with Crippen LogP contribution in [0.4, 0.5) is 0 Å². The average molecular weight is 357 g/mol. The molecule has 0 fully saturated rings. The van der Waals surface area contributed by atoms with Crippen molar-refractivity contribution in [3.8, 4) is 0 Å². The lowest BCUT2D eigenvalue weighted by Crippen LogP contribution is -2.27. The van der Waals surface area contributed by atoms with Crippen molar-refractivity contribution in [2.45, 2.75) is 18.9 Å². The van der Waals surface area contributed by atoms with Gasteiger partial charge >= 0.3 is 0 Å². The van der Waals surface area contributed by atoms with Gasteiger partial charge in [0.25, 0.3) is 5.91 Å². The minimum absolute atomic E-state index is 0.0803. The third-order valence-corrected chi connectivity index (χ3v) is 4.35. The molecule has 1 aliphatic rings. The van der Waals surface area contributed by atoms with Gasteiger partial charge in [-0.3, -0.25) is 4.79 Å². The van der Waals surface area contributed by atoms with Gasteiger partial charge in [-0.1, -0.05) is 24.3 Å². The summed E-state index contributed by atoms with van der Waals surface area (Å²) in [6, 6.07) is 11.9. The van der Waals surface area contributed by atoms with Crippen LogP contribution in [0.3, 0.4) is 0 Å². The Morgan fingerprint density at radius 1 is 1.32 bits per heavy atom. The van der Waals surface area contributed by atoms with Crippen molar-refractivity contribution in [3.63, 3.8) is 0 Å². The van der Waals surface area contributed by atoms with E-state index in [4.69, 9.17) is 0 Å². The Kier molecular flexibility index (Phi) is 3.18. The second kappa shape index (κ2) is 5.21. The first-order valence-corrected chi connectivity index (χ1v) is 7.90. The van der Waals surface area contributed by atoms with E-state index in [9.17, 15) is 4.79 Å². The Balaban J connectivity index is 1.59. The van der Waals surface area contributed by atoms with E-state index in [2.05, 4.69) is 43.5 Å². The molecule has 0 saturated heterocycles. The number of nitrogens with one attached hydrogen (secondary N) is 1. The van der Waals surface area contributed by atoms with Crippen LogP contribution >= 0.6 is 15.9 Å². The highest BCUT2D eigenvalue weighted by molar-refractivity contribution is 9.10. The molecule has 1 atom stereocenters. The van der Waals surface area contributed by atoms with E-state index < -0.39 is 0 Å². The van der Waals surface area contributed by atoms with Crippen LogP contribution in [0.1, 0.15) is 33.9 Å². The normalized spacial score (nSPS) is 16.7. The van der Waals surface area contributed by atoms with Crippen molar-refractivity contribution < 1.29 is 4.79 Å². The van der Waals surface area contributed by atoms with E-state index >= 15 is 0 Å². The standard InChI is InChI=1S/C16H13BrN4O/c17-16-19-14-9-11(7-8-21(14)20-16)15(22)18-13-6-5-10-3-1-2-4-12(10)13/h1-4,7-9,13H,5-6H2,(H,18,22)/t13-/m1/s1. The number of rotatable bonds is 2. The number of benzene rings is 1. The number of hydrogen-bond donors (Lipinski definition) is 1. The molecule has 0 aliphatic heterocycles. The van der Waals surface area contributed by atoms with Crippen LogP contribution in [-0.2, 0) is 6.42 Å². The third kappa shape index (κ3) is 2.29. The number of amides is 1. The van der Waals surface area contributed by atoms with Gasteiger partial charge in [0.05, 0.1) is 6.04 Å². The number of aromatic nitrogens is 3. The van der Waals surface area contributed by atoms with E-state index in [1.807, 2.05) is 12.1 Å². The average Bonchev–Trinajstić information content (AvgIpc) is 3.09. The molecule has 0 spiro atoms. The Morgan fingerprint density at radius 2 is 2.18 bits per heavy atom. The lowest BCUT2D eigenvalue weighted by molar-refractivity contribution is 0.0936. The largest absolute Gasteiger partial charge is 0.345 e. The second-order valence-corrected chi connectivity index (χ2v) is 6.07. The molecule has 6 heteroatoms. The number of carbonyl (C=O) groups excluding carboxylic acids is 1. The highest BCUT2D eigenvalue weighted by Crippen LogP contribution is 2.30. The van der Waals surface area contributed by atoms with Crippen molar-refractivity contribution in [2.75, 3.05) is 0 Å². The van der Waals surface area contributed by atoms with Crippen LogP contribution < -0.4 is 5.32 Å². The number of carbonyl (C=O) groups is 1. The summed E-state index contributed by atoms with van der Waals surface area (Å²) < 4.78 is 2.14. The molecule has 5 nitrogen and oxygen atoms in total. The van der Waals surface area contributed by atoms with Gasteiger partial charge in [-0.15, -0.1) is 5.10 Å². The third-order valence-electron chi connectivity index (χ3n) is 4.01. The highest BCUT2D eigenvalue weighted by atomic mass is 79.9. The van der Waals surface area contributed by atoms with Gasteiger partial charge < -0.3 is 5.32 Å². The van der Waals surface area contributed by atoms with Gasteiger partial charge in [-0.25, -0.2) is 9.50 Å². The fourth-order valence-electron chi connectivity index (χ4n) is 2.94. The van der Waals surface area contributed by atoms with Crippen LogP contribution in [0.2, 0.25) is 0 Å². The molecule has 2 heterocycles. The van der Waals surface area contributed by atoms with Crippen LogP contribution in [0, 0.1) is 0 Å². The Bertz CT molecular complexity index is 873. The maximum Gasteiger partial charge on any atom is 0.251 e. The zero-order valence-corrected chi connectivity index (χ0v) is 13.2. The Labute approximate surface area is 135 Å². The number of aryl methyl sites for hydroxylation is 1. The van der Waals surface area contributed by atoms with Gasteiger partial charge in [0.2, 0.25) is 4.73 Å². The maximum absolute atomic E-state index is 12.5. The molecule has 1 amide bonds. The summed E-state index contributed by atoms with van der Waals surface area (Å²) in [7, 11) is 0. The van der Waals surface area contributed by atoms with Crippen molar-refractivity contribution in [2.24, 2.45) is 0 Å². The molecule has 110 valence electrons. The number of hydrogen-bond acceptors (Lipinski definition) is 3. The quantitative estimate of drug-likeness (QED) is 0.767. The summed E-state index contributed by atoms with van der Waals surface area (Å²) in [5.41, 5.74) is 3.79. The first kappa shape index (κ1) is 13.5. The molecular weight excluding hydrogens is 344 g/mol. The fourth-order valence-corrected chi connectivity index (χ4v) is 3.30. The van der Waals surface area contributed by atoms with Crippen LogP contribution in [0.5, 0.6) is 0 Å². The van der Waals surface area contributed by atoms with Crippen molar-refractivity contribution >= 4 is 27.5 Å². The van der Waals surface area contributed by atoms with Gasteiger partial charge in [0.1, 0.15) is 0 Å². The van der Waals surface area contributed by atoms with Crippen LogP contribution in [-0.4, -0.2) is 20.5 Å². The number of halogens is 1. The summed E-state index contributed by atoms with van der Waals surface area (Å²) in [5.74, 6) is -0.0803. The zero-order valence-electron chi connectivity index (χ0n) is 11.7. The lowest BCUT2D eigenvalue weighted by Gasteiger charge is -2.14. The predicted molar refractivity (Wildman–Crippen MR) is 85.7 cm³/mol. The molecule has 1 aliphatic carbocycles. The number of nitrogens with zero attached hydrogens (tertiary/aromatic N) is 3. The SMILES string of the molecule is O=C(N[C@@H]1CCc2ccccc21)c1ccn2nc(Br)nc2c1. The van der Waals surface area contributed by atoms with E-state index in [0.717, 1.165) is 12.8 Å². The van der Waals surface area contributed by atoms with E-state index in [1.165, 1.54) is 11.1 Å². The highest BCUT2D eigenvalue weighted by Gasteiger charge is 2.23. The smallest absolute Gasteiger partial charge is 0.251 e. The molecule has 3 aromatic rings. The molecule has 4 rings (SSSR count). The second-order valence-electron chi connectivity index (χ2n) is 5.36. The monoisotopic (exact) mass is 356 g/mol. The molecule has 0 unspecified atom stereocenters. The van der Waals surface area contributed by atoms with Crippen molar-refractivity contribution in [3.05, 3.63) is 64.0 Å². The fraction of sp³-hybridized carbons (Fsp3) is 0.188. The molecule has 1 aromatic carbocycles. The van der Waals surface area contributed by atoms with Gasteiger partial charge in [0, 0.05) is 11.8 Å². The topological polar surface area (TPSA) is 59.3 Å². The van der Waals surface area contributed by atoms with E-state index in [1.54, 1.807) is 22.8 Å². The van der Waals surface area contributed by atoms with Gasteiger partial charge in [-0.2, -0.15) is 0 Å². The lowest BCUT2D eigenvalue weighted by atomic mass is 10.1. The van der Waals surface area contributed by atoms with E-state index in [0.29, 0.717) is 15.9 Å². The molecule has 0 bridgehead atoms. The Morgan fingerprint density at radius 3 is 3.09 bits per heavy atom. The molecule has 0 radical (unpaired) electrons. The van der Waals surface area contributed by atoms with Gasteiger partial charge in [-0.05, 0) is 52.0 Å². The molecule has 22 heavy (non-hydrogen) atoms.